The predicted octanol–water partition coefficient (Wildman–Crippen LogP) is 2.68. The van der Waals surface area contributed by atoms with Gasteiger partial charge in [-0.1, -0.05) is 48.5 Å². The summed E-state index contributed by atoms with van der Waals surface area (Å²) in [4.78, 5) is 12.0. The van der Waals surface area contributed by atoms with Gasteiger partial charge in [0.15, 0.2) is 0 Å². The smallest absolute Gasteiger partial charge is 0.271 e. The first-order valence-electron chi connectivity index (χ1n) is 7.36. The van der Waals surface area contributed by atoms with Crippen LogP contribution in [0, 0.1) is 0 Å². The Kier molecular flexibility index (Phi) is 5.77. The number of hydrogen-bond donors (Lipinski definition) is 3. The average molecular weight is 311 g/mol. The summed E-state index contributed by atoms with van der Waals surface area (Å²) in [7, 11) is 0. The number of carbonyl (C=O) groups is 1. The highest BCUT2D eigenvalue weighted by Gasteiger charge is 2.09. The molecule has 1 amide bonds. The summed E-state index contributed by atoms with van der Waals surface area (Å²) in [5.41, 5.74) is 9.04. The van der Waals surface area contributed by atoms with Crippen LogP contribution in [0.2, 0.25) is 0 Å². The summed E-state index contributed by atoms with van der Waals surface area (Å²) < 4.78 is 0. The highest BCUT2D eigenvalue weighted by Crippen LogP contribution is 2.10. The van der Waals surface area contributed by atoms with Crippen molar-refractivity contribution in [3.8, 4) is 0 Å². The Morgan fingerprint density at radius 1 is 1.17 bits per heavy atom. The first-order valence-corrected chi connectivity index (χ1v) is 7.36. The molecule has 0 aliphatic rings. The van der Waals surface area contributed by atoms with Crippen LogP contribution in [0.4, 0.5) is 5.69 Å². The van der Waals surface area contributed by atoms with Crippen LogP contribution in [0.15, 0.2) is 66.4 Å². The zero-order valence-electron chi connectivity index (χ0n) is 13.1. The molecule has 2 aromatic rings. The van der Waals surface area contributed by atoms with Crippen LogP contribution < -0.4 is 11.1 Å². The van der Waals surface area contributed by atoms with Crippen molar-refractivity contribution in [2.45, 2.75) is 20.0 Å². The van der Waals surface area contributed by atoms with Gasteiger partial charge in [-0.15, -0.1) is 0 Å². The summed E-state index contributed by atoms with van der Waals surface area (Å²) in [6.45, 7) is 2.44. The molecule has 0 bridgehead atoms. The number of anilines is 1. The van der Waals surface area contributed by atoms with Gasteiger partial charge in [-0.3, -0.25) is 10.0 Å². The quantitative estimate of drug-likeness (QED) is 0.332. The number of hydroxylamine groups is 2. The molecule has 0 heterocycles. The fraction of sp³-hybridized carbons (Fsp3) is 0.167. The van der Waals surface area contributed by atoms with E-state index in [0.717, 1.165) is 11.1 Å². The molecule has 5 nitrogen and oxygen atoms in total. The zero-order chi connectivity index (χ0) is 16.7. The Morgan fingerprint density at radius 2 is 1.83 bits per heavy atom. The van der Waals surface area contributed by atoms with E-state index in [9.17, 15) is 10.0 Å². The minimum absolute atomic E-state index is 0.148. The molecule has 0 spiro atoms. The SMILES string of the molecule is C/C(=C/C(=O)N(O)Cc1ccccc1)NCc1ccccc1N. The molecule has 5 heteroatoms. The normalized spacial score (nSPS) is 11.1. The number of benzene rings is 2. The molecule has 2 aromatic carbocycles. The van der Waals surface area contributed by atoms with E-state index in [1.807, 2.05) is 54.6 Å². The monoisotopic (exact) mass is 311 g/mol. The van der Waals surface area contributed by atoms with Crippen LogP contribution in [0.1, 0.15) is 18.1 Å². The second kappa shape index (κ2) is 8.00. The molecule has 0 unspecified atom stereocenters. The number of rotatable bonds is 6. The standard InChI is InChI=1S/C18H21N3O2/c1-14(20-12-16-9-5-6-10-17(16)19)11-18(22)21(23)13-15-7-3-2-4-8-15/h2-11,20,23H,12-13,19H2,1H3/b14-11-. The van der Waals surface area contributed by atoms with E-state index in [-0.39, 0.29) is 6.54 Å². The number of nitrogens with two attached hydrogens (primary N) is 1. The Bertz CT molecular complexity index is 684. The maximum atomic E-state index is 12.0. The van der Waals surface area contributed by atoms with Gasteiger partial charge in [0.05, 0.1) is 6.54 Å². The van der Waals surface area contributed by atoms with E-state index < -0.39 is 5.91 Å². The molecule has 2 rings (SSSR count). The van der Waals surface area contributed by atoms with E-state index in [2.05, 4.69) is 5.32 Å². The van der Waals surface area contributed by atoms with Gasteiger partial charge in [0.2, 0.25) is 0 Å². The molecule has 23 heavy (non-hydrogen) atoms. The van der Waals surface area contributed by atoms with Crippen LogP contribution >= 0.6 is 0 Å². The lowest BCUT2D eigenvalue weighted by molar-refractivity contribution is -0.161. The number of nitrogens with one attached hydrogen (secondary N) is 1. The Morgan fingerprint density at radius 3 is 2.52 bits per heavy atom. The summed E-state index contributed by atoms with van der Waals surface area (Å²) >= 11 is 0. The lowest BCUT2D eigenvalue weighted by atomic mass is 10.2. The molecular weight excluding hydrogens is 290 g/mol. The van der Waals surface area contributed by atoms with Crippen LogP contribution in [0.3, 0.4) is 0 Å². The number of allylic oxidation sites excluding steroid dienone is 1. The number of nitrogen functional groups attached to an aromatic ring is 1. The predicted molar refractivity (Wildman–Crippen MR) is 90.2 cm³/mol. The van der Waals surface area contributed by atoms with Crippen molar-refractivity contribution in [3.05, 3.63) is 77.5 Å². The zero-order valence-corrected chi connectivity index (χ0v) is 13.1. The van der Waals surface area contributed by atoms with E-state index >= 15 is 0 Å². The second-order valence-corrected chi connectivity index (χ2v) is 5.26. The Hall–Kier alpha value is -2.79. The second-order valence-electron chi connectivity index (χ2n) is 5.26. The number of para-hydroxylation sites is 1. The molecule has 0 aromatic heterocycles. The Labute approximate surface area is 136 Å². The lowest BCUT2D eigenvalue weighted by Gasteiger charge is -2.14. The van der Waals surface area contributed by atoms with Gasteiger partial charge in [-0.2, -0.15) is 0 Å². The molecule has 4 N–H and O–H groups in total. The Balaban J connectivity index is 1.89. The molecule has 0 aliphatic heterocycles. The van der Waals surface area contributed by atoms with E-state index in [0.29, 0.717) is 23.0 Å². The highest BCUT2D eigenvalue weighted by molar-refractivity contribution is 5.87. The molecule has 0 saturated carbocycles. The van der Waals surface area contributed by atoms with Crippen molar-refractivity contribution < 1.29 is 10.0 Å². The molecule has 0 fully saturated rings. The van der Waals surface area contributed by atoms with Crippen molar-refractivity contribution in [2.75, 3.05) is 5.73 Å². The van der Waals surface area contributed by atoms with Crippen molar-refractivity contribution in [2.24, 2.45) is 0 Å². The summed E-state index contributed by atoms with van der Waals surface area (Å²) in [6, 6.07) is 16.8. The molecular formula is C18H21N3O2. The van der Waals surface area contributed by atoms with Crippen LogP contribution in [-0.2, 0) is 17.9 Å². The summed E-state index contributed by atoms with van der Waals surface area (Å²) in [5, 5.41) is 13.6. The fourth-order valence-corrected chi connectivity index (χ4v) is 2.07. The van der Waals surface area contributed by atoms with Crippen molar-refractivity contribution in [1.82, 2.24) is 10.4 Å². The average Bonchev–Trinajstić information content (AvgIpc) is 2.55. The number of carbonyl (C=O) groups excluding carboxylic acids is 1. The van der Waals surface area contributed by atoms with Gasteiger partial charge in [-0.25, -0.2) is 5.06 Å². The molecule has 0 saturated heterocycles. The number of amides is 1. The van der Waals surface area contributed by atoms with Crippen molar-refractivity contribution >= 4 is 11.6 Å². The van der Waals surface area contributed by atoms with E-state index in [4.69, 9.17) is 5.73 Å². The topological polar surface area (TPSA) is 78.6 Å². The third-order valence-corrected chi connectivity index (χ3v) is 3.38. The van der Waals surface area contributed by atoms with Gasteiger partial charge >= 0.3 is 0 Å². The first kappa shape index (κ1) is 16.6. The molecule has 0 radical (unpaired) electrons. The largest absolute Gasteiger partial charge is 0.398 e. The minimum Gasteiger partial charge on any atom is -0.398 e. The molecule has 120 valence electrons. The van der Waals surface area contributed by atoms with Crippen molar-refractivity contribution in [1.29, 1.82) is 0 Å². The van der Waals surface area contributed by atoms with Crippen molar-refractivity contribution in [3.63, 3.8) is 0 Å². The first-order chi connectivity index (χ1) is 11.1. The van der Waals surface area contributed by atoms with E-state index in [1.165, 1.54) is 6.08 Å². The number of nitrogens with zero attached hydrogens (tertiary/aromatic N) is 1. The minimum atomic E-state index is -0.472. The maximum Gasteiger partial charge on any atom is 0.271 e. The summed E-state index contributed by atoms with van der Waals surface area (Å²) in [6.07, 6.45) is 1.36. The van der Waals surface area contributed by atoms with Gasteiger partial charge in [0.25, 0.3) is 5.91 Å². The molecule has 0 aliphatic carbocycles. The third-order valence-electron chi connectivity index (χ3n) is 3.38. The summed E-state index contributed by atoms with van der Waals surface area (Å²) in [5.74, 6) is -0.472. The third kappa shape index (κ3) is 5.16. The molecule has 0 atom stereocenters. The van der Waals surface area contributed by atoms with Crippen LogP contribution in [0.25, 0.3) is 0 Å². The van der Waals surface area contributed by atoms with Crippen LogP contribution in [-0.4, -0.2) is 16.2 Å². The van der Waals surface area contributed by atoms with Gasteiger partial charge in [0.1, 0.15) is 0 Å². The maximum absolute atomic E-state index is 12.0. The fourth-order valence-electron chi connectivity index (χ4n) is 2.07. The highest BCUT2D eigenvalue weighted by atomic mass is 16.5. The van der Waals surface area contributed by atoms with E-state index in [1.54, 1.807) is 6.92 Å². The lowest BCUT2D eigenvalue weighted by Crippen LogP contribution is -2.26. The number of hydrogen-bond acceptors (Lipinski definition) is 4. The van der Waals surface area contributed by atoms with Crippen LogP contribution in [0.5, 0.6) is 0 Å². The van der Waals surface area contributed by atoms with Gasteiger partial charge in [-0.05, 0) is 24.1 Å². The van der Waals surface area contributed by atoms with Gasteiger partial charge < -0.3 is 11.1 Å². The van der Waals surface area contributed by atoms with Gasteiger partial charge in [0, 0.05) is 24.0 Å².